The van der Waals surface area contributed by atoms with Crippen LogP contribution < -0.4 is 0 Å². The summed E-state index contributed by atoms with van der Waals surface area (Å²) < 4.78 is 10.7. The molecule has 0 fully saturated rings. The molecule has 0 saturated heterocycles. The van der Waals surface area contributed by atoms with Gasteiger partial charge >= 0.3 is 11.9 Å². The minimum Gasteiger partial charge on any atom is -0.462 e. The molecular formula is C61H100O5. The molecule has 0 aliphatic rings. The Morgan fingerprint density at radius 1 is 0.364 bits per heavy atom. The number of hydrogen-bond acceptors (Lipinski definition) is 5. The maximum Gasteiger partial charge on any atom is 0.306 e. The third-order valence-corrected chi connectivity index (χ3v) is 11.3. The highest BCUT2D eigenvalue weighted by molar-refractivity contribution is 5.70. The fraction of sp³-hybridized carbons (Fsp3) is 0.639. The quantitative estimate of drug-likeness (QED) is 0.0374. The smallest absolute Gasteiger partial charge is 0.306 e. The van der Waals surface area contributed by atoms with E-state index in [4.69, 9.17) is 9.47 Å². The van der Waals surface area contributed by atoms with Gasteiger partial charge in [0.05, 0.1) is 6.61 Å². The van der Waals surface area contributed by atoms with Gasteiger partial charge in [-0.25, -0.2) is 0 Å². The highest BCUT2D eigenvalue weighted by Gasteiger charge is 2.16. The van der Waals surface area contributed by atoms with E-state index in [1.807, 2.05) is 0 Å². The van der Waals surface area contributed by atoms with Gasteiger partial charge in [-0.1, -0.05) is 251 Å². The summed E-state index contributed by atoms with van der Waals surface area (Å²) in [7, 11) is 0. The molecule has 0 aliphatic heterocycles. The van der Waals surface area contributed by atoms with Crippen LogP contribution in [0.5, 0.6) is 0 Å². The van der Waals surface area contributed by atoms with Crippen molar-refractivity contribution in [2.45, 2.75) is 238 Å². The second kappa shape index (κ2) is 55.6. The van der Waals surface area contributed by atoms with E-state index >= 15 is 0 Å². The van der Waals surface area contributed by atoms with E-state index in [9.17, 15) is 14.7 Å². The number of aliphatic hydroxyl groups excluding tert-OH is 1. The summed E-state index contributed by atoms with van der Waals surface area (Å²) in [6.07, 6.45) is 81.5. The zero-order valence-electron chi connectivity index (χ0n) is 42.7. The molecule has 66 heavy (non-hydrogen) atoms. The van der Waals surface area contributed by atoms with Gasteiger partial charge in [-0.2, -0.15) is 0 Å². The fourth-order valence-electron chi connectivity index (χ4n) is 7.23. The van der Waals surface area contributed by atoms with Crippen molar-refractivity contribution in [1.82, 2.24) is 0 Å². The monoisotopic (exact) mass is 913 g/mol. The Kier molecular flexibility index (Phi) is 52.5. The number of ether oxygens (including phenoxy) is 2. The standard InChI is InChI=1S/C61H100O5/c1-3-5-7-9-11-13-15-17-19-21-22-23-24-25-26-27-28-29-30-31-32-33-34-35-36-37-38-40-42-44-46-48-50-52-54-56-61(64)66-59(57-62)58-65-60(63)55-53-51-49-47-45-43-41-39-20-18-16-14-12-10-8-6-4-2/h5,7,11,13,17,19,22-23,25-26,28-29,31-32,34-35,37-38,42,44,59,62H,3-4,6,8-10,12,14-16,18,20-21,24,27,30,33,36,39-41,43,45-58H2,1-2H3/b7-5-,13-11-,19-17-,23-22-,26-25-,29-28-,32-31-,35-34-,38-37-,44-42-. The Morgan fingerprint density at radius 2 is 0.652 bits per heavy atom. The molecule has 0 radical (unpaired) electrons. The highest BCUT2D eigenvalue weighted by atomic mass is 16.6. The third kappa shape index (κ3) is 52.9. The van der Waals surface area contributed by atoms with Crippen LogP contribution in [0.1, 0.15) is 232 Å². The predicted octanol–water partition coefficient (Wildman–Crippen LogP) is 18.3. The van der Waals surface area contributed by atoms with Crippen molar-refractivity contribution in [2.75, 3.05) is 13.2 Å². The molecule has 0 aromatic heterocycles. The van der Waals surface area contributed by atoms with Crippen molar-refractivity contribution in [2.24, 2.45) is 0 Å². The van der Waals surface area contributed by atoms with Crippen molar-refractivity contribution in [3.63, 3.8) is 0 Å². The molecule has 5 heteroatoms. The lowest BCUT2D eigenvalue weighted by Crippen LogP contribution is -2.28. The zero-order chi connectivity index (χ0) is 47.7. The van der Waals surface area contributed by atoms with Gasteiger partial charge in [0, 0.05) is 12.8 Å². The molecule has 0 aliphatic carbocycles. The number of carbonyl (C=O) groups is 2. The molecule has 0 aromatic carbocycles. The van der Waals surface area contributed by atoms with Crippen LogP contribution in [0.3, 0.4) is 0 Å². The summed E-state index contributed by atoms with van der Waals surface area (Å²) in [5, 5.41) is 9.63. The largest absolute Gasteiger partial charge is 0.462 e. The lowest BCUT2D eigenvalue weighted by Gasteiger charge is -2.15. The van der Waals surface area contributed by atoms with E-state index in [-0.39, 0.29) is 25.2 Å². The van der Waals surface area contributed by atoms with Crippen molar-refractivity contribution in [3.05, 3.63) is 122 Å². The lowest BCUT2D eigenvalue weighted by atomic mass is 10.0. The molecule has 1 unspecified atom stereocenters. The second-order valence-electron chi connectivity index (χ2n) is 17.6. The van der Waals surface area contributed by atoms with Gasteiger partial charge in [0.2, 0.25) is 0 Å². The first-order chi connectivity index (χ1) is 32.6. The molecule has 0 spiro atoms. The Bertz CT molecular complexity index is 1350. The number of rotatable bonds is 48. The van der Waals surface area contributed by atoms with Crippen molar-refractivity contribution < 1.29 is 24.2 Å². The SMILES string of the molecule is CC/C=C\C/C=C\C/C=C\C/C=C\C/C=C\C/C=C\C/C=C\C/C=C\C/C=C\C/C=C\CCCCCCC(=O)OC(CO)COC(=O)CCCCCCCCCCCCCCCCCCC. The second-order valence-corrected chi connectivity index (χ2v) is 17.6. The predicted molar refractivity (Wildman–Crippen MR) is 288 cm³/mol. The Hall–Kier alpha value is -3.70. The van der Waals surface area contributed by atoms with E-state index in [0.717, 1.165) is 116 Å². The average molecular weight is 913 g/mol. The number of unbranched alkanes of at least 4 members (excludes halogenated alkanes) is 20. The fourth-order valence-corrected chi connectivity index (χ4v) is 7.23. The van der Waals surface area contributed by atoms with Crippen molar-refractivity contribution in [3.8, 4) is 0 Å². The Balaban J connectivity index is 3.65. The number of aliphatic hydroxyl groups is 1. The Morgan fingerprint density at radius 3 is 0.985 bits per heavy atom. The molecule has 0 bridgehead atoms. The van der Waals surface area contributed by atoms with E-state index in [0.29, 0.717) is 12.8 Å². The molecule has 1 N–H and O–H groups in total. The highest BCUT2D eigenvalue weighted by Crippen LogP contribution is 2.15. The number of esters is 2. The number of carbonyl (C=O) groups excluding carboxylic acids is 2. The van der Waals surface area contributed by atoms with E-state index in [1.165, 1.54) is 89.9 Å². The minimum absolute atomic E-state index is 0.0807. The van der Waals surface area contributed by atoms with Crippen LogP contribution in [0, 0.1) is 0 Å². The minimum atomic E-state index is -0.792. The van der Waals surface area contributed by atoms with Crippen LogP contribution in [0.4, 0.5) is 0 Å². The third-order valence-electron chi connectivity index (χ3n) is 11.3. The molecular weight excluding hydrogens is 813 g/mol. The van der Waals surface area contributed by atoms with Gasteiger partial charge in [0.25, 0.3) is 0 Å². The van der Waals surface area contributed by atoms with Gasteiger partial charge in [-0.05, 0) is 89.9 Å². The summed E-state index contributed by atoms with van der Waals surface area (Å²) in [5.74, 6) is -0.621. The van der Waals surface area contributed by atoms with Crippen molar-refractivity contribution in [1.29, 1.82) is 0 Å². The average Bonchev–Trinajstić information content (AvgIpc) is 3.32. The van der Waals surface area contributed by atoms with Crippen LogP contribution in [-0.4, -0.2) is 36.4 Å². The normalized spacial score (nSPS) is 13.2. The maximum absolute atomic E-state index is 12.3. The van der Waals surface area contributed by atoms with Crippen molar-refractivity contribution >= 4 is 11.9 Å². The Labute approximate surface area is 407 Å². The molecule has 0 amide bonds. The van der Waals surface area contributed by atoms with Crippen LogP contribution in [-0.2, 0) is 19.1 Å². The number of hydrogen-bond donors (Lipinski definition) is 1. The van der Waals surface area contributed by atoms with E-state index < -0.39 is 6.10 Å². The topological polar surface area (TPSA) is 72.8 Å². The maximum atomic E-state index is 12.3. The van der Waals surface area contributed by atoms with Gasteiger partial charge < -0.3 is 14.6 Å². The first kappa shape index (κ1) is 62.3. The van der Waals surface area contributed by atoms with Crippen LogP contribution in [0.2, 0.25) is 0 Å². The number of allylic oxidation sites excluding steroid dienone is 20. The molecule has 0 heterocycles. The molecule has 0 aromatic rings. The van der Waals surface area contributed by atoms with Gasteiger partial charge in [-0.15, -0.1) is 0 Å². The van der Waals surface area contributed by atoms with Gasteiger partial charge in [-0.3, -0.25) is 9.59 Å². The molecule has 1 atom stereocenters. The van der Waals surface area contributed by atoms with Gasteiger partial charge in [0.1, 0.15) is 6.61 Å². The van der Waals surface area contributed by atoms with Gasteiger partial charge in [0.15, 0.2) is 6.10 Å². The first-order valence-electron chi connectivity index (χ1n) is 27.1. The van der Waals surface area contributed by atoms with E-state index in [1.54, 1.807) is 0 Å². The zero-order valence-corrected chi connectivity index (χ0v) is 42.7. The van der Waals surface area contributed by atoms with E-state index in [2.05, 4.69) is 135 Å². The summed E-state index contributed by atoms with van der Waals surface area (Å²) >= 11 is 0. The lowest BCUT2D eigenvalue weighted by molar-refractivity contribution is -0.161. The van der Waals surface area contributed by atoms with Crippen LogP contribution in [0.25, 0.3) is 0 Å². The van der Waals surface area contributed by atoms with Crippen LogP contribution >= 0.6 is 0 Å². The molecule has 0 saturated carbocycles. The summed E-state index contributed by atoms with van der Waals surface area (Å²) in [6.45, 7) is 4.01. The van der Waals surface area contributed by atoms with Crippen LogP contribution in [0.15, 0.2) is 122 Å². The molecule has 0 rings (SSSR count). The summed E-state index contributed by atoms with van der Waals surface area (Å²) in [6, 6.07) is 0. The summed E-state index contributed by atoms with van der Waals surface area (Å²) in [4.78, 5) is 24.5. The first-order valence-corrected chi connectivity index (χ1v) is 27.1. The summed E-state index contributed by atoms with van der Waals surface area (Å²) in [5.41, 5.74) is 0. The molecule has 5 nitrogen and oxygen atoms in total. The molecule has 374 valence electrons.